The number of hydrogen-bond donors (Lipinski definition) is 1. The Hall–Kier alpha value is -1.79. The van der Waals surface area contributed by atoms with Crippen molar-refractivity contribution in [3.63, 3.8) is 0 Å². The Labute approximate surface area is 111 Å². The number of nitrogens with one attached hydrogen (secondary N) is 1. The largest absolute Gasteiger partial charge is 0.468 e. The van der Waals surface area contributed by atoms with E-state index < -0.39 is 5.54 Å². The zero-order valence-corrected chi connectivity index (χ0v) is 11.3. The molecule has 0 aromatic rings. The lowest BCUT2D eigenvalue weighted by Gasteiger charge is -2.40. The fourth-order valence-corrected chi connectivity index (χ4v) is 2.24. The molecular formula is C11H19N5O3. The maximum Gasteiger partial charge on any atom is 0.326 e. The van der Waals surface area contributed by atoms with Gasteiger partial charge in [-0.15, -0.1) is 0 Å². The van der Waals surface area contributed by atoms with E-state index >= 15 is 0 Å². The molecule has 1 N–H and O–H groups in total. The molecule has 0 radical (unpaired) electrons. The molecule has 0 aromatic carbocycles. The topological polar surface area (TPSA) is 107 Å². The van der Waals surface area contributed by atoms with Gasteiger partial charge in [0.25, 0.3) is 0 Å². The second-order valence-electron chi connectivity index (χ2n) is 4.46. The van der Waals surface area contributed by atoms with Gasteiger partial charge in [-0.1, -0.05) is 5.11 Å². The van der Waals surface area contributed by atoms with Crippen molar-refractivity contribution in [3.8, 4) is 0 Å². The van der Waals surface area contributed by atoms with Crippen molar-refractivity contribution in [2.75, 3.05) is 33.3 Å². The van der Waals surface area contributed by atoms with Crippen molar-refractivity contribution < 1.29 is 14.3 Å². The van der Waals surface area contributed by atoms with Crippen molar-refractivity contribution in [2.45, 2.75) is 25.3 Å². The molecule has 0 aliphatic carbocycles. The number of hydrogen-bond acceptors (Lipinski definition) is 5. The highest BCUT2D eigenvalue weighted by Crippen LogP contribution is 2.23. The highest BCUT2D eigenvalue weighted by atomic mass is 16.5. The van der Waals surface area contributed by atoms with Gasteiger partial charge in [0, 0.05) is 38.0 Å². The number of ether oxygens (including phenoxy) is 1. The number of esters is 1. The Morgan fingerprint density at radius 2 is 2.11 bits per heavy atom. The summed E-state index contributed by atoms with van der Waals surface area (Å²) in [5.41, 5.74) is 7.43. The number of rotatable bonds is 5. The summed E-state index contributed by atoms with van der Waals surface area (Å²) in [6, 6.07) is 0. The first-order chi connectivity index (χ1) is 9.05. The van der Waals surface area contributed by atoms with Crippen LogP contribution in [0.25, 0.3) is 10.4 Å². The highest BCUT2D eigenvalue weighted by Gasteiger charge is 2.42. The molecule has 1 amide bonds. The standard InChI is InChI=1S/C11H19N5O3/c1-9(17)16-7-3-11(4-8-16,10(18)19-2)13-5-6-14-15-12/h13H,3-8H2,1-2H3. The van der Waals surface area contributed by atoms with Crippen LogP contribution < -0.4 is 5.32 Å². The third-order valence-corrected chi connectivity index (χ3v) is 3.38. The minimum atomic E-state index is -0.786. The zero-order chi connectivity index (χ0) is 14.3. The molecule has 0 unspecified atom stereocenters. The van der Waals surface area contributed by atoms with Crippen LogP contribution in [0.5, 0.6) is 0 Å². The van der Waals surface area contributed by atoms with E-state index in [-0.39, 0.29) is 18.4 Å². The second-order valence-corrected chi connectivity index (χ2v) is 4.46. The van der Waals surface area contributed by atoms with E-state index in [0.29, 0.717) is 32.5 Å². The van der Waals surface area contributed by atoms with Crippen LogP contribution in [0.15, 0.2) is 5.11 Å². The molecule has 0 saturated carbocycles. The molecule has 1 aliphatic heterocycles. The van der Waals surface area contributed by atoms with Crippen LogP contribution in [0.3, 0.4) is 0 Å². The molecule has 106 valence electrons. The second kappa shape index (κ2) is 6.96. The molecule has 8 nitrogen and oxygen atoms in total. The quantitative estimate of drug-likeness (QED) is 0.257. The molecule has 8 heteroatoms. The van der Waals surface area contributed by atoms with Crippen LogP contribution in [0, 0.1) is 0 Å². The van der Waals surface area contributed by atoms with E-state index in [1.54, 1.807) is 4.90 Å². The van der Waals surface area contributed by atoms with E-state index in [0.717, 1.165) is 0 Å². The monoisotopic (exact) mass is 269 g/mol. The summed E-state index contributed by atoms with van der Waals surface area (Å²) in [5, 5.41) is 6.52. The fourth-order valence-electron chi connectivity index (χ4n) is 2.24. The van der Waals surface area contributed by atoms with Crippen LogP contribution in [-0.4, -0.2) is 55.6 Å². The van der Waals surface area contributed by atoms with Gasteiger partial charge in [-0.25, -0.2) is 0 Å². The summed E-state index contributed by atoms with van der Waals surface area (Å²) >= 11 is 0. The van der Waals surface area contributed by atoms with Crippen molar-refractivity contribution in [1.82, 2.24) is 10.2 Å². The maximum atomic E-state index is 11.9. The van der Waals surface area contributed by atoms with Crippen molar-refractivity contribution in [2.24, 2.45) is 5.11 Å². The van der Waals surface area contributed by atoms with Crippen LogP contribution in [0.1, 0.15) is 19.8 Å². The van der Waals surface area contributed by atoms with Crippen molar-refractivity contribution in [3.05, 3.63) is 10.4 Å². The highest BCUT2D eigenvalue weighted by molar-refractivity contribution is 5.81. The van der Waals surface area contributed by atoms with Gasteiger partial charge in [-0.05, 0) is 18.4 Å². The number of methoxy groups -OCH3 is 1. The zero-order valence-electron chi connectivity index (χ0n) is 11.3. The number of piperidine rings is 1. The van der Waals surface area contributed by atoms with Gasteiger partial charge in [0.15, 0.2) is 0 Å². The number of carbonyl (C=O) groups excluding carboxylic acids is 2. The summed E-state index contributed by atoms with van der Waals surface area (Å²) in [5.74, 6) is -0.329. The molecule has 1 rings (SSSR count). The van der Waals surface area contributed by atoms with Gasteiger partial charge in [0.2, 0.25) is 5.91 Å². The third-order valence-electron chi connectivity index (χ3n) is 3.38. The lowest BCUT2D eigenvalue weighted by molar-refractivity contribution is -0.152. The van der Waals surface area contributed by atoms with Crippen LogP contribution in [-0.2, 0) is 14.3 Å². The molecule has 1 saturated heterocycles. The van der Waals surface area contributed by atoms with E-state index in [1.165, 1.54) is 14.0 Å². The Morgan fingerprint density at radius 1 is 1.47 bits per heavy atom. The van der Waals surface area contributed by atoms with Gasteiger partial charge >= 0.3 is 5.97 Å². The van der Waals surface area contributed by atoms with E-state index in [9.17, 15) is 9.59 Å². The fraction of sp³-hybridized carbons (Fsp3) is 0.818. The van der Waals surface area contributed by atoms with Crippen LogP contribution >= 0.6 is 0 Å². The first kappa shape index (κ1) is 15.3. The van der Waals surface area contributed by atoms with Crippen molar-refractivity contribution in [1.29, 1.82) is 0 Å². The van der Waals surface area contributed by atoms with Crippen LogP contribution in [0.2, 0.25) is 0 Å². The van der Waals surface area contributed by atoms with E-state index in [4.69, 9.17) is 10.3 Å². The van der Waals surface area contributed by atoms with Gasteiger partial charge in [0.05, 0.1) is 7.11 Å². The Morgan fingerprint density at radius 3 is 2.58 bits per heavy atom. The minimum absolute atomic E-state index is 0.00699. The van der Waals surface area contributed by atoms with Gasteiger partial charge in [-0.3, -0.25) is 9.59 Å². The number of azide groups is 1. The van der Waals surface area contributed by atoms with E-state index in [2.05, 4.69) is 15.3 Å². The molecule has 0 aromatic heterocycles. The summed E-state index contributed by atoms with van der Waals surface area (Å²) in [6.45, 7) is 3.21. The summed E-state index contributed by atoms with van der Waals surface area (Å²) in [6.07, 6.45) is 0.991. The van der Waals surface area contributed by atoms with Gasteiger partial charge in [-0.2, -0.15) is 0 Å². The first-order valence-electron chi connectivity index (χ1n) is 6.15. The molecule has 0 bridgehead atoms. The Bertz CT molecular complexity index is 378. The minimum Gasteiger partial charge on any atom is -0.468 e. The van der Waals surface area contributed by atoms with Crippen molar-refractivity contribution >= 4 is 11.9 Å². The number of carbonyl (C=O) groups is 2. The molecule has 19 heavy (non-hydrogen) atoms. The number of amides is 1. The normalized spacial score (nSPS) is 17.5. The van der Waals surface area contributed by atoms with Crippen LogP contribution in [0.4, 0.5) is 0 Å². The predicted octanol–water partition coefficient (Wildman–Crippen LogP) is 0.440. The molecule has 1 aliphatic rings. The average molecular weight is 269 g/mol. The Balaban J connectivity index is 2.65. The first-order valence-corrected chi connectivity index (χ1v) is 6.15. The SMILES string of the molecule is COC(=O)C1(NCCN=[N+]=[N-])CCN(C(C)=O)CC1. The molecular weight excluding hydrogens is 250 g/mol. The summed E-state index contributed by atoms with van der Waals surface area (Å²) < 4.78 is 4.84. The maximum absolute atomic E-state index is 11.9. The van der Waals surface area contributed by atoms with Gasteiger partial charge < -0.3 is 15.0 Å². The number of likely N-dealkylation sites (tertiary alicyclic amines) is 1. The summed E-state index contributed by atoms with van der Waals surface area (Å²) in [4.78, 5) is 27.6. The molecule has 0 spiro atoms. The van der Waals surface area contributed by atoms with E-state index in [1.807, 2.05) is 0 Å². The molecule has 1 heterocycles. The lowest BCUT2D eigenvalue weighted by Crippen LogP contribution is -2.59. The summed E-state index contributed by atoms with van der Waals surface area (Å²) in [7, 11) is 1.34. The smallest absolute Gasteiger partial charge is 0.326 e. The lowest BCUT2D eigenvalue weighted by atomic mass is 9.87. The third kappa shape index (κ3) is 3.84. The van der Waals surface area contributed by atoms with Gasteiger partial charge in [0.1, 0.15) is 5.54 Å². The predicted molar refractivity (Wildman–Crippen MR) is 68.3 cm³/mol. The molecule has 1 fully saturated rings. The number of nitrogens with zero attached hydrogens (tertiary/aromatic N) is 4. The molecule has 0 atom stereocenters. The Kier molecular flexibility index (Phi) is 5.59. The average Bonchev–Trinajstić information content (AvgIpc) is 2.43.